The maximum absolute atomic E-state index is 13.0. The first-order chi connectivity index (χ1) is 12.6. The van der Waals surface area contributed by atoms with Crippen molar-refractivity contribution in [1.82, 2.24) is 9.62 Å². The summed E-state index contributed by atoms with van der Waals surface area (Å²) in [5, 5.41) is 2.76. The van der Waals surface area contributed by atoms with Crippen LogP contribution in [0.2, 0.25) is 0 Å². The number of carbonyl (C=O) groups is 1. The zero-order valence-electron chi connectivity index (χ0n) is 16.0. The van der Waals surface area contributed by atoms with Gasteiger partial charge in [-0.2, -0.15) is 4.31 Å². The molecule has 0 aliphatic heterocycles. The number of nitrogens with one attached hydrogen (secondary N) is 1. The molecule has 0 aliphatic carbocycles. The van der Waals surface area contributed by atoms with E-state index in [9.17, 15) is 17.6 Å². The van der Waals surface area contributed by atoms with Crippen LogP contribution in [0.15, 0.2) is 47.4 Å². The van der Waals surface area contributed by atoms with Crippen molar-refractivity contribution < 1.29 is 17.6 Å². The highest BCUT2D eigenvalue weighted by molar-refractivity contribution is 7.89. The fraction of sp³-hybridized carbons (Fsp3) is 0.350. The van der Waals surface area contributed by atoms with Gasteiger partial charge in [0.05, 0.1) is 17.5 Å². The number of aryl methyl sites for hydroxylation is 2. The van der Waals surface area contributed by atoms with Crippen LogP contribution in [-0.4, -0.2) is 31.7 Å². The number of sulfonamides is 1. The van der Waals surface area contributed by atoms with E-state index in [1.165, 1.54) is 12.1 Å². The Morgan fingerprint density at radius 3 is 2.37 bits per heavy atom. The topological polar surface area (TPSA) is 66.5 Å². The summed E-state index contributed by atoms with van der Waals surface area (Å²) in [4.78, 5) is 12.6. The number of nitrogens with zero attached hydrogens (tertiary/aromatic N) is 1. The second-order valence-corrected chi connectivity index (χ2v) is 8.45. The van der Waals surface area contributed by atoms with E-state index in [0.717, 1.165) is 15.4 Å². The molecule has 0 aliphatic rings. The lowest BCUT2D eigenvalue weighted by Gasteiger charge is -2.23. The molecule has 0 saturated carbocycles. The van der Waals surface area contributed by atoms with Crippen molar-refractivity contribution in [1.29, 1.82) is 0 Å². The number of carbonyl (C=O) groups excluding carboxylic acids is 1. The van der Waals surface area contributed by atoms with E-state index in [0.29, 0.717) is 5.56 Å². The summed E-state index contributed by atoms with van der Waals surface area (Å²) in [6.45, 7) is 6.91. The van der Waals surface area contributed by atoms with Crippen molar-refractivity contribution >= 4 is 15.9 Å². The number of benzene rings is 2. The zero-order chi connectivity index (χ0) is 20.2. The van der Waals surface area contributed by atoms with Crippen molar-refractivity contribution in [2.75, 3.05) is 13.1 Å². The second kappa shape index (κ2) is 8.63. The smallest absolute Gasteiger partial charge is 0.243 e. The average molecular weight is 392 g/mol. The fourth-order valence-electron chi connectivity index (χ4n) is 2.77. The number of rotatable bonds is 7. The quantitative estimate of drug-likeness (QED) is 0.786. The summed E-state index contributed by atoms with van der Waals surface area (Å²) in [7, 11) is -3.78. The van der Waals surface area contributed by atoms with Gasteiger partial charge in [-0.3, -0.25) is 4.79 Å². The molecular formula is C20H25FN2O3S. The molecule has 0 saturated heterocycles. The van der Waals surface area contributed by atoms with Crippen molar-refractivity contribution in [3.05, 3.63) is 65.0 Å². The molecule has 1 amide bonds. The lowest BCUT2D eigenvalue weighted by atomic mass is 10.1. The third-order valence-corrected chi connectivity index (χ3v) is 6.44. The van der Waals surface area contributed by atoms with Crippen LogP contribution in [-0.2, 0) is 14.8 Å². The van der Waals surface area contributed by atoms with Gasteiger partial charge < -0.3 is 5.32 Å². The molecule has 2 rings (SSSR count). The third kappa shape index (κ3) is 5.14. The molecule has 0 fully saturated rings. The molecule has 0 bridgehead atoms. The van der Waals surface area contributed by atoms with Gasteiger partial charge in [-0.15, -0.1) is 0 Å². The number of hydrogen-bond donors (Lipinski definition) is 1. The maximum atomic E-state index is 13.0. The minimum absolute atomic E-state index is 0.175. The van der Waals surface area contributed by atoms with Gasteiger partial charge in [-0.1, -0.05) is 31.2 Å². The van der Waals surface area contributed by atoms with Gasteiger partial charge in [0, 0.05) is 6.54 Å². The molecular weight excluding hydrogens is 367 g/mol. The standard InChI is InChI=1S/C20H25FN2O3S/c1-5-23(27(25,26)19-12-14(2)6-7-15(19)3)13-20(24)22-16(4)17-8-10-18(21)11-9-17/h6-12,16H,5,13H2,1-4H3,(H,22,24)/t16-/m0/s1. The number of likely N-dealkylation sites (N-methyl/N-ethyl adjacent to an activating group) is 1. The monoisotopic (exact) mass is 392 g/mol. The largest absolute Gasteiger partial charge is 0.348 e. The molecule has 0 spiro atoms. The van der Waals surface area contributed by atoms with Crippen LogP contribution in [0.4, 0.5) is 4.39 Å². The summed E-state index contributed by atoms with van der Waals surface area (Å²) < 4.78 is 40.1. The summed E-state index contributed by atoms with van der Waals surface area (Å²) in [6, 6.07) is 10.7. The third-order valence-electron chi connectivity index (χ3n) is 4.38. The number of hydrogen-bond acceptors (Lipinski definition) is 3. The van der Waals surface area contributed by atoms with Crippen molar-refractivity contribution in [3.63, 3.8) is 0 Å². The SMILES string of the molecule is CCN(CC(=O)N[C@@H](C)c1ccc(F)cc1)S(=O)(=O)c1cc(C)ccc1C. The molecule has 0 aromatic heterocycles. The van der Waals surface area contributed by atoms with Gasteiger partial charge in [-0.05, 0) is 55.7 Å². The van der Waals surface area contributed by atoms with Crippen molar-refractivity contribution in [3.8, 4) is 0 Å². The zero-order valence-corrected chi connectivity index (χ0v) is 16.8. The number of halogens is 1. The fourth-order valence-corrected chi connectivity index (χ4v) is 4.49. The highest BCUT2D eigenvalue weighted by Crippen LogP contribution is 2.21. The van der Waals surface area contributed by atoms with Crippen LogP contribution in [0.25, 0.3) is 0 Å². The summed E-state index contributed by atoms with van der Waals surface area (Å²) in [5.41, 5.74) is 2.22. The maximum Gasteiger partial charge on any atom is 0.243 e. The summed E-state index contributed by atoms with van der Waals surface area (Å²) in [5.74, 6) is -0.767. The van der Waals surface area contributed by atoms with Crippen LogP contribution in [0.3, 0.4) is 0 Å². The van der Waals surface area contributed by atoms with Gasteiger partial charge in [0.1, 0.15) is 5.82 Å². The molecule has 2 aromatic carbocycles. The molecule has 0 unspecified atom stereocenters. The van der Waals surface area contributed by atoms with Crippen molar-refractivity contribution in [2.45, 2.75) is 38.6 Å². The molecule has 146 valence electrons. The van der Waals surface area contributed by atoms with E-state index < -0.39 is 15.9 Å². The highest BCUT2D eigenvalue weighted by atomic mass is 32.2. The van der Waals surface area contributed by atoms with Gasteiger partial charge in [-0.25, -0.2) is 12.8 Å². The Balaban J connectivity index is 2.14. The van der Waals surface area contributed by atoms with Gasteiger partial charge in [0.25, 0.3) is 0 Å². The molecule has 1 atom stereocenters. The Morgan fingerprint density at radius 2 is 1.78 bits per heavy atom. The molecule has 0 radical (unpaired) electrons. The van der Waals surface area contributed by atoms with Crippen LogP contribution < -0.4 is 5.32 Å². The van der Waals surface area contributed by atoms with Gasteiger partial charge >= 0.3 is 0 Å². The lowest BCUT2D eigenvalue weighted by Crippen LogP contribution is -2.41. The first-order valence-electron chi connectivity index (χ1n) is 8.77. The normalized spacial score (nSPS) is 12.8. The van der Waals surface area contributed by atoms with Crippen LogP contribution in [0.5, 0.6) is 0 Å². The molecule has 1 N–H and O–H groups in total. The Bertz CT molecular complexity index is 911. The van der Waals surface area contributed by atoms with Crippen LogP contribution >= 0.6 is 0 Å². The van der Waals surface area contributed by atoms with E-state index >= 15 is 0 Å². The molecule has 0 heterocycles. The Hall–Kier alpha value is -2.25. The molecule has 27 heavy (non-hydrogen) atoms. The lowest BCUT2D eigenvalue weighted by molar-refractivity contribution is -0.121. The average Bonchev–Trinajstić information content (AvgIpc) is 2.61. The first-order valence-corrected chi connectivity index (χ1v) is 10.2. The highest BCUT2D eigenvalue weighted by Gasteiger charge is 2.27. The van der Waals surface area contributed by atoms with E-state index in [1.807, 2.05) is 13.0 Å². The van der Waals surface area contributed by atoms with Gasteiger partial charge in [0.15, 0.2) is 0 Å². The van der Waals surface area contributed by atoms with Crippen molar-refractivity contribution in [2.24, 2.45) is 0 Å². The Morgan fingerprint density at radius 1 is 1.15 bits per heavy atom. The van der Waals surface area contributed by atoms with E-state index in [4.69, 9.17) is 0 Å². The van der Waals surface area contributed by atoms with E-state index in [2.05, 4.69) is 5.32 Å². The summed E-state index contributed by atoms with van der Waals surface area (Å²) in [6.07, 6.45) is 0. The Kier molecular flexibility index (Phi) is 6.73. The Labute approximate surface area is 160 Å². The first kappa shape index (κ1) is 21.1. The predicted molar refractivity (Wildman–Crippen MR) is 103 cm³/mol. The van der Waals surface area contributed by atoms with E-state index in [-0.39, 0.29) is 29.8 Å². The molecule has 7 heteroatoms. The minimum Gasteiger partial charge on any atom is -0.348 e. The summed E-state index contributed by atoms with van der Waals surface area (Å²) >= 11 is 0. The predicted octanol–water partition coefficient (Wildman–Crippen LogP) is 3.33. The van der Waals surface area contributed by atoms with Crippen LogP contribution in [0, 0.1) is 19.7 Å². The van der Waals surface area contributed by atoms with Gasteiger partial charge in [0.2, 0.25) is 15.9 Å². The second-order valence-electron chi connectivity index (χ2n) is 6.54. The van der Waals surface area contributed by atoms with Crippen LogP contribution in [0.1, 0.15) is 36.6 Å². The minimum atomic E-state index is -3.78. The molecule has 2 aromatic rings. The number of amides is 1. The molecule has 5 nitrogen and oxygen atoms in total. The van der Waals surface area contributed by atoms with E-state index in [1.54, 1.807) is 45.0 Å².